The molecule has 1 saturated heterocycles. The number of anilines is 1. The average molecular weight is 286 g/mol. The molecular weight excluding hydrogens is 271 g/mol. The molecule has 0 aromatic heterocycles. The standard InChI is InChI=1S/C12H15FN2O3S/c1-8-4-9(2-3-11(8)14)6-15-7-10(5-12(15)16)19(13,17)18/h2-4,10H,5-7,14H2,1H3. The lowest BCUT2D eigenvalue weighted by molar-refractivity contribution is -0.128. The Kier molecular flexibility index (Phi) is 3.49. The molecule has 1 aliphatic heterocycles. The van der Waals surface area contributed by atoms with Gasteiger partial charge in [0.1, 0.15) is 5.25 Å². The van der Waals surface area contributed by atoms with E-state index >= 15 is 0 Å². The van der Waals surface area contributed by atoms with Crippen LogP contribution in [0.1, 0.15) is 17.5 Å². The predicted octanol–water partition coefficient (Wildman–Crippen LogP) is 0.977. The van der Waals surface area contributed by atoms with Crippen LogP contribution in [-0.4, -0.2) is 31.0 Å². The molecular formula is C12H15FN2O3S. The maximum Gasteiger partial charge on any atom is 0.307 e. The Hall–Kier alpha value is -1.63. The zero-order valence-corrected chi connectivity index (χ0v) is 11.3. The quantitative estimate of drug-likeness (QED) is 0.663. The smallest absolute Gasteiger partial charge is 0.307 e. The molecule has 1 atom stereocenters. The van der Waals surface area contributed by atoms with Crippen LogP contribution in [0, 0.1) is 6.92 Å². The van der Waals surface area contributed by atoms with Gasteiger partial charge in [0.05, 0.1) is 0 Å². The van der Waals surface area contributed by atoms with Gasteiger partial charge >= 0.3 is 10.2 Å². The Morgan fingerprint density at radius 2 is 2.16 bits per heavy atom. The van der Waals surface area contributed by atoms with E-state index < -0.39 is 15.5 Å². The number of nitrogen functional groups attached to an aromatic ring is 1. The van der Waals surface area contributed by atoms with Crippen LogP contribution in [0.3, 0.4) is 0 Å². The van der Waals surface area contributed by atoms with Gasteiger partial charge in [-0.25, -0.2) is 0 Å². The fourth-order valence-corrected chi connectivity index (χ4v) is 2.83. The largest absolute Gasteiger partial charge is 0.399 e. The third-order valence-electron chi connectivity index (χ3n) is 3.28. The summed E-state index contributed by atoms with van der Waals surface area (Å²) in [6.45, 7) is 2.02. The van der Waals surface area contributed by atoms with E-state index in [0.717, 1.165) is 11.1 Å². The number of carbonyl (C=O) groups excluding carboxylic acids is 1. The van der Waals surface area contributed by atoms with Crippen molar-refractivity contribution in [3.8, 4) is 0 Å². The van der Waals surface area contributed by atoms with E-state index in [0.29, 0.717) is 5.69 Å². The van der Waals surface area contributed by atoms with Gasteiger partial charge in [-0.15, -0.1) is 3.89 Å². The normalized spacial score (nSPS) is 20.0. The number of likely N-dealkylation sites (tertiary alicyclic amines) is 1. The Morgan fingerprint density at radius 3 is 2.68 bits per heavy atom. The lowest BCUT2D eigenvalue weighted by Gasteiger charge is -2.16. The first-order valence-corrected chi connectivity index (χ1v) is 7.28. The summed E-state index contributed by atoms with van der Waals surface area (Å²) in [5.74, 6) is -0.347. The van der Waals surface area contributed by atoms with E-state index in [1.807, 2.05) is 13.0 Å². The van der Waals surface area contributed by atoms with Gasteiger partial charge in [0.15, 0.2) is 0 Å². The van der Waals surface area contributed by atoms with Crippen molar-refractivity contribution in [3.63, 3.8) is 0 Å². The third-order valence-corrected chi connectivity index (χ3v) is 4.40. The molecule has 0 radical (unpaired) electrons. The van der Waals surface area contributed by atoms with Crippen LogP contribution < -0.4 is 5.73 Å². The molecule has 1 amide bonds. The fraction of sp³-hybridized carbons (Fsp3) is 0.417. The lowest BCUT2D eigenvalue weighted by atomic mass is 10.1. The Bertz CT molecular complexity index is 615. The highest BCUT2D eigenvalue weighted by Crippen LogP contribution is 2.22. The van der Waals surface area contributed by atoms with E-state index in [4.69, 9.17) is 5.73 Å². The topological polar surface area (TPSA) is 80.5 Å². The Morgan fingerprint density at radius 1 is 1.47 bits per heavy atom. The summed E-state index contributed by atoms with van der Waals surface area (Å²) in [7, 11) is -4.66. The number of halogens is 1. The highest BCUT2D eigenvalue weighted by Gasteiger charge is 2.38. The zero-order chi connectivity index (χ0) is 14.2. The number of aryl methyl sites for hydroxylation is 1. The number of amides is 1. The molecule has 7 heteroatoms. The summed E-state index contributed by atoms with van der Waals surface area (Å²) in [6, 6.07) is 5.33. The van der Waals surface area contributed by atoms with Crippen molar-refractivity contribution < 1.29 is 17.1 Å². The number of benzene rings is 1. The lowest BCUT2D eigenvalue weighted by Crippen LogP contribution is -2.26. The summed E-state index contributed by atoms with van der Waals surface area (Å²) in [4.78, 5) is 13.0. The van der Waals surface area contributed by atoms with Crippen molar-refractivity contribution in [2.75, 3.05) is 12.3 Å². The molecule has 1 aromatic carbocycles. The van der Waals surface area contributed by atoms with Crippen LogP contribution in [0.15, 0.2) is 18.2 Å². The van der Waals surface area contributed by atoms with Crippen LogP contribution in [0.5, 0.6) is 0 Å². The first kappa shape index (κ1) is 13.8. The monoisotopic (exact) mass is 286 g/mol. The number of hydrogen-bond acceptors (Lipinski definition) is 4. The molecule has 0 spiro atoms. The van der Waals surface area contributed by atoms with Gasteiger partial charge in [-0.3, -0.25) is 4.79 Å². The third kappa shape index (κ3) is 3.04. The van der Waals surface area contributed by atoms with Crippen molar-refractivity contribution in [3.05, 3.63) is 29.3 Å². The summed E-state index contributed by atoms with van der Waals surface area (Å²) in [6.07, 6.45) is -0.285. The number of carbonyl (C=O) groups is 1. The first-order valence-electron chi connectivity index (χ1n) is 5.83. The molecule has 0 bridgehead atoms. The molecule has 104 valence electrons. The summed E-state index contributed by atoms with van der Waals surface area (Å²) in [5, 5.41) is -1.24. The zero-order valence-electron chi connectivity index (χ0n) is 10.5. The molecule has 1 aliphatic rings. The second-order valence-electron chi connectivity index (χ2n) is 4.77. The molecule has 1 unspecified atom stereocenters. The van der Waals surface area contributed by atoms with Crippen molar-refractivity contribution in [1.29, 1.82) is 0 Å². The minimum Gasteiger partial charge on any atom is -0.399 e. The van der Waals surface area contributed by atoms with E-state index in [2.05, 4.69) is 0 Å². The number of nitrogens with zero attached hydrogens (tertiary/aromatic N) is 1. The number of rotatable bonds is 3. The molecule has 2 rings (SSSR count). The molecule has 0 aliphatic carbocycles. The Balaban J connectivity index is 2.12. The van der Waals surface area contributed by atoms with Crippen LogP contribution in [0.4, 0.5) is 9.57 Å². The maximum atomic E-state index is 12.9. The van der Waals surface area contributed by atoms with Crippen molar-refractivity contribution in [1.82, 2.24) is 4.90 Å². The molecule has 1 fully saturated rings. The molecule has 2 N–H and O–H groups in total. The van der Waals surface area contributed by atoms with Gasteiger partial charge in [-0.1, -0.05) is 12.1 Å². The second-order valence-corrected chi connectivity index (χ2v) is 6.38. The SMILES string of the molecule is Cc1cc(CN2CC(S(=O)(=O)F)CC2=O)ccc1N. The van der Waals surface area contributed by atoms with Gasteiger partial charge < -0.3 is 10.6 Å². The molecule has 0 saturated carbocycles. The first-order chi connectivity index (χ1) is 8.77. The van der Waals surface area contributed by atoms with Crippen LogP contribution >= 0.6 is 0 Å². The van der Waals surface area contributed by atoms with Crippen LogP contribution in [-0.2, 0) is 21.6 Å². The second kappa shape index (κ2) is 4.80. The van der Waals surface area contributed by atoms with E-state index in [9.17, 15) is 17.1 Å². The highest BCUT2D eigenvalue weighted by atomic mass is 32.3. The summed E-state index contributed by atoms with van der Waals surface area (Å²) in [5.41, 5.74) is 8.08. The van der Waals surface area contributed by atoms with Gasteiger partial charge in [0.25, 0.3) is 0 Å². The minimum atomic E-state index is -4.66. The predicted molar refractivity (Wildman–Crippen MR) is 69.4 cm³/mol. The average Bonchev–Trinajstić information content (AvgIpc) is 2.65. The Labute approximate surface area is 111 Å². The highest BCUT2D eigenvalue weighted by molar-refractivity contribution is 7.87. The fourth-order valence-electron chi connectivity index (χ4n) is 2.13. The van der Waals surface area contributed by atoms with Gasteiger partial charge in [0.2, 0.25) is 5.91 Å². The van der Waals surface area contributed by atoms with Crippen molar-refractivity contribution >= 4 is 21.8 Å². The molecule has 5 nitrogen and oxygen atoms in total. The van der Waals surface area contributed by atoms with Crippen molar-refractivity contribution in [2.45, 2.75) is 25.1 Å². The number of hydrogen-bond donors (Lipinski definition) is 1. The van der Waals surface area contributed by atoms with E-state index in [-0.39, 0.29) is 25.4 Å². The van der Waals surface area contributed by atoms with Crippen LogP contribution in [0.2, 0.25) is 0 Å². The van der Waals surface area contributed by atoms with E-state index in [1.54, 1.807) is 12.1 Å². The van der Waals surface area contributed by atoms with Gasteiger partial charge in [0, 0.05) is 25.2 Å². The van der Waals surface area contributed by atoms with Gasteiger partial charge in [-0.05, 0) is 24.1 Å². The number of nitrogens with two attached hydrogens (primary N) is 1. The summed E-state index contributed by atoms with van der Waals surface area (Å²) >= 11 is 0. The van der Waals surface area contributed by atoms with Gasteiger partial charge in [-0.2, -0.15) is 8.42 Å². The molecule has 19 heavy (non-hydrogen) atoms. The molecule has 1 aromatic rings. The molecule has 1 heterocycles. The summed E-state index contributed by atoms with van der Waals surface area (Å²) < 4.78 is 34.5. The minimum absolute atomic E-state index is 0.0961. The van der Waals surface area contributed by atoms with E-state index in [1.165, 1.54) is 4.90 Å². The van der Waals surface area contributed by atoms with Crippen LogP contribution in [0.25, 0.3) is 0 Å². The van der Waals surface area contributed by atoms with Crippen molar-refractivity contribution in [2.24, 2.45) is 0 Å². The maximum absolute atomic E-state index is 12.9.